The SMILES string of the molecule is C/C=C\C=C(\C)CC.Oc1ccc(OC[C@H]2CCCN2)cc1.c1cscn1. The van der Waals surface area contributed by atoms with E-state index in [-0.39, 0.29) is 5.75 Å². The number of hydrogen-bond donors (Lipinski definition) is 2. The molecule has 3 rings (SSSR count). The molecule has 0 bridgehead atoms. The fourth-order valence-electron chi connectivity index (χ4n) is 2.19. The van der Waals surface area contributed by atoms with Gasteiger partial charge in [-0.2, -0.15) is 0 Å². The zero-order valence-electron chi connectivity index (χ0n) is 16.6. The van der Waals surface area contributed by atoms with Gasteiger partial charge in [-0.15, -0.1) is 11.3 Å². The molecule has 148 valence electrons. The van der Waals surface area contributed by atoms with Gasteiger partial charge in [0.2, 0.25) is 0 Å². The first kappa shape index (κ1) is 22.9. The van der Waals surface area contributed by atoms with Gasteiger partial charge in [-0.1, -0.05) is 30.7 Å². The highest BCUT2D eigenvalue weighted by molar-refractivity contribution is 7.07. The molecule has 0 saturated carbocycles. The summed E-state index contributed by atoms with van der Waals surface area (Å²) in [6.07, 6.45) is 11.6. The molecule has 0 aliphatic carbocycles. The van der Waals surface area contributed by atoms with Crippen LogP contribution in [-0.4, -0.2) is 29.3 Å². The Morgan fingerprint density at radius 1 is 1.37 bits per heavy atom. The van der Waals surface area contributed by atoms with Crippen LogP contribution < -0.4 is 10.1 Å². The van der Waals surface area contributed by atoms with Crippen molar-refractivity contribution in [2.24, 2.45) is 0 Å². The summed E-state index contributed by atoms with van der Waals surface area (Å²) in [4.78, 5) is 3.74. The zero-order chi connectivity index (χ0) is 19.7. The summed E-state index contributed by atoms with van der Waals surface area (Å²) >= 11 is 1.60. The van der Waals surface area contributed by atoms with Crippen molar-refractivity contribution in [3.63, 3.8) is 0 Å². The number of allylic oxidation sites excluding steroid dienone is 4. The Bertz CT molecular complexity index is 614. The average Bonchev–Trinajstić information content (AvgIpc) is 3.42. The summed E-state index contributed by atoms with van der Waals surface area (Å²) < 4.78 is 5.57. The predicted molar refractivity (Wildman–Crippen MR) is 116 cm³/mol. The van der Waals surface area contributed by atoms with Gasteiger partial charge < -0.3 is 15.2 Å². The van der Waals surface area contributed by atoms with Crippen molar-refractivity contribution in [3.8, 4) is 11.5 Å². The first-order valence-corrected chi connectivity index (χ1v) is 10.4. The van der Waals surface area contributed by atoms with Crippen LogP contribution in [0.2, 0.25) is 0 Å². The molecule has 0 radical (unpaired) electrons. The molecule has 2 heterocycles. The third-order valence-corrected chi connectivity index (χ3v) is 4.45. The van der Waals surface area contributed by atoms with E-state index in [1.165, 1.54) is 18.4 Å². The fraction of sp³-hybridized carbons (Fsp3) is 0.409. The van der Waals surface area contributed by atoms with Crippen LogP contribution in [0.25, 0.3) is 0 Å². The standard InChI is InChI=1S/C11H15NO2.C8H14.C3H3NS/c13-10-3-5-11(6-4-10)14-8-9-2-1-7-12-9;1-4-6-7-8(3)5-2;1-2-5-3-4-1/h3-6,9,12-13H,1-2,7-8H2;4,6-7H,5H2,1-3H3;1-3H/b;6-4-,8-7-;/t9-;;/m1../s1. The molecule has 1 fully saturated rings. The minimum absolute atomic E-state index is 0.274. The number of phenolic OH excluding ortho intramolecular Hbond substituents is 1. The highest BCUT2D eigenvalue weighted by atomic mass is 32.1. The molecular formula is C22H32N2O2S. The summed E-state index contributed by atoms with van der Waals surface area (Å²) in [6, 6.07) is 7.33. The molecule has 4 nitrogen and oxygen atoms in total. The van der Waals surface area contributed by atoms with Crippen LogP contribution in [0, 0.1) is 0 Å². The van der Waals surface area contributed by atoms with Crippen molar-refractivity contribution in [2.75, 3.05) is 13.2 Å². The molecule has 0 spiro atoms. The van der Waals surface area contributed by atoms with Gasteiger partial charge in [0.1, 0.15) is 18.1 Å². The number of benzene rings is 1. The monoisotopic (exact) mass is 388 g/mol. The van der Waals surface area contributed by atoms with Crippen molar-refractivity contribution in [2.45, 2.75) is 46.1 Å². The summed E-state index contributed by atoms with van der Waals surface area (Å²) in [5.41, 5.74) is 3.23. The zero-order valence-corrected chi connectivity index (χ0v) is 17.4. The molecule has 2 aromatic rings. The lowest BCUT2D eigenvalue weighted by Crippen LogP contribution is -2.28. The molecule has 1 aliphatic rings. The molecular weight excluding hydrogens is 356 g/mol. The fourth-order valence-corrected chi connectivity index (χ4v) is 2.54. The number of nitrogens with zero attached hydrogens (tertiary/aromatic N) is 1. The van der Waals surface area contributed by atoms with E-state index >= 15 is 0 Å². The Morgan fingerprint density at radius 2 is 2.15 bits per heavy atom. The quantitative estimate of drug-likeness (QED) is 0.656. The number of nitrogens with one attached hydrogen (secondary N) is 1. The Balaban J connectivity index is 0.000000236. The molecule has 0 unspecified atom stereocenters. The maximum Gasteiger partial charge on any atom is 0.119 e. The van der Waals surface area contributed by atoms with Gasteiger partial charge in [-0.05, 0) is 63.9 Å². The topological polar surface area (TPSA) is 54.4 Å². The molecule has 1 aromatic heterocycles. The van der Waals surface area contributed by atoms with E-state index in [9.17, 15) is 0 Å². The number of aromatic hydroxyl groups is 1. The third kappa shape index (κ3) is 12.0. The minimum Gasteiger partial charge on any atom is -0.508 e. The summed E-state index contributed by atoms with van der Waals surface area (Å²) in [6.45, 7) is 8.14. The van der Waals surface area contributed by atoms with Crippen LogP contribution in [0.4, 0.5) is 0 Å². The van der Waals surface area contributed by atoms with E-state index in [0.717, 1.165) is 18.7 Å². The first-order chi connectivity index (χ1) is 13.2. The van der Waals surface area contributed by atoms with Crippen molar-refractivity contribution in [3.05, 3.63) is 65.2 Å². The highest BCUT2D eigenvalue weighted by Crippen LogP contribution is 2.16. The van der Waals surface area contributed by atoms with E-state index in [1.54, 1.807) is 47.3 Å². The van der Waals surface area contributed by atoms with Gasteiger partial charge in [0, 0.05) is 17.6 Å². The van der Waals surface area contributed by atoms with E-state index < -0.39 is 0 Å². The number of hydrogen-bond acceptors (Lipinski definition) is 5. The van der Waals surface area contributed by atoms with Crippen LogP contribution in [0.15, 0.2) is 65.2 Å². The normalized spacial score (nSPS) is 16.3. The maximum atomic E-state index is 9.07. The first-order valence-electron chi connectivity index (χ1n) is 9.41. The molecule has 2 N–H and O–H groups in total. The lowest BCUT2D eigenvalue weighted by molar-refractivity contribution is 0.277. The molecule has 27 heavy (non-hydrogen) atoms. The minimum atomic E-state index is 0.274. The molecule has 1 aliphatic heterocycles. The smallest absolute Gasteiger partial charge is 0.119 e. The van der Waals surface area contributed by atoms with Crippen LogP contribution in [0.1, 0.15) is 40.0 Å². The Kier molecular flexibility index (Phi) is 12.7. The Morgan fingerprint density at radius 3 is 2.63 bits per heavy atom. The number of ether oxygens (including phenoxy) is 1. The van der Waals surface area contributed by atoms with Gasteiger partial charge in [0.25, 0.3) is 0 Å². The second kappa shape index (κ2) is 15.0. The average molecular weight is 389 g/mol. The third-order valence-electron chi connectivity index (χ3n) is 3.93. The van der Waals surface area contributed by atoms with Crippen molar-refractivity contribution in [1.82, 2.24) is 10.3 Å². The summed E-state index contributed by atoms with van der Waals surface area (Å²) in [5.74, 6) is 1.09. The lowest BCUT2D eigenvalue weighted by atomic mass is 10.2. The van der Waals surface area contributed by atoms with Crippen molar-refractivity contribution < 1.29 is 9.84 Å². The molecule has 1 saturated heterocycles. The van der Waals surface area contributed by atoms with Crippen LogP contribution >= 0.6 is 11.3 Å². The molecule has 0 amide bonds. The van der Waals surface area contributed by atoms with Crippen LogP contribution in [0.3, 0.4) is 0 Å². The Labute approximate surface area is 167 Å². The summed E-state index contributed by atoms with van der Waals surface area (Å²) in [7, 11) is 0. The second-order valence-electron chi connectivity index (χ2n) is 6.17. The van der Waals surface area contributed by atoms with E-state index in [1.807, 2.05) is 18.4 Å². The maximum absolute atomic E-state index is 9.07. The second-order valence-corrected chi connectivity index (χ2v) is 6.92. The van der Waals surface area contributed by atoms with Gasteiger partial charge in [0.05, 0.1) is 5.51 Å². The molecule has 1 aromatic carbocycles. The van der Waals surface area contributed by atoms with E-state index in [4.69, 9.17) is 9.84 Å². The van der Waals surface area contributed by atoms with Gasteiger partial charge >= 0.3 is 0 Å². The number of rotatable bonds is 5. The van der Waals surface area contributed by atoms with Crippen molar-refractivity contribution in [1.29, 1.82) is 0 Å². The number of phenols is 1. The lowest BCUT2D eigenvalue weighted by Gasteiger charge is -2.11. The van der Waals surface area contributed by atoms with Gasteiger partial charge in [0.15, 0.2) is 0 Å². The number of aromatic nitrogens is 1. The largest absolute Gasteiger partial charge is 0.508 e. The highest BCUT2D eigenvalue weighted by Gasteiger charge is 2.14. The molecule has 5 heteroatoms. The molecule has 1 atom stereocenters. The van der Waals surface area contributed by atoms with Gasteiger partial charge in [-0.3, -0.25) is 4.98 Å². The van der Waals surface area contributed by atoms with E-state index in [0.29, 0.717) is 12.6 Å². The van der Waals surface area contributed by atoms with E-state index in [2.05, 4.69) is 36.3 Å². The number of thiazole rings is 1. The van der Waals surface area contributed by atoms with Crippen LogP contribution in [-0.2, 0) is 0 Å². The van der Waals surface area contributed by atoms with Gasteiger partial charge in [-0.25, -0.2) is 0 Å². The van der Waals surface area contributed by atoms with Crippen molar-refractivity contribution >= 4 is 11.3 Å². The summed E-state index contributed by atoms with van der Waals surface area (Å²) in [5, 5.41) is 14.4. The Hall–Kier alpha value is -2.11. The predicted octanol–water partition coefficient (Wildman–Crippen LogP) is 5.58. The van der Waals surface area contributed by atoms with Crippen LogP contribution in [0.5, 0.6) is 11.5 Å².